The normalized spacial score (nSPS) is 19.9. The molecule has 1 fully saturated rings. The van der Waals surface area contributed by atoms with E-state index in [2.05, 4.69) is 19.0 Å². The number of quaternary nitrogens is 1. The average Bonchev–Trinajstić information content (AvgIpc) is 2.23. The van der Waals surface area contributed by atoms with Gasteiger partial charge in [-0.25, -0.2) is 0 Å². The minimum absolute atomic E-state index is 0.320. The van der Waals surface area contributed by atoms with Crippen molar-refractivity contribution in [3.8, 4) is 0 Å². The third-order valence-electron chi connectivity index (χ3n) is 2.91. The van der Waals surface area contributed by atoms with Gasteiger partial charge in [0, 0.05) is 13.1 Å². The molecule has 1 N–H and O–H groups in total. The molecule has 1 aliphatic heterocycles. The summed E-state index contributed by atoms with van der Waals surface area (Å²) in [5.41, 5.74) is 0. The van der Waals surface area contributed by atoms with Crippen molar-refractivity contribution in [2.24, 2.45) is 0 Å². The van der Waals surface area contributed by atoms with E-state index >= 15 is 0 Å². The number of aliphatic hydroxyl groups is 1. The Morgan fingerprint density at radius 3 is 2.06 bits per heavy atom. The summed E-state index contributed by atoms with van der Waals surface area (Å²) in [4.78, 5) is 11.1. The summed E-state index contributed by atoms with van der Waals surface area (Å²) in [7, 11) is 4.38. The Morgan fingerprint density at radius 2 is 1.78 bits per heavy atom. The number of carbonyl (C=O) groups excluding carboxylic acids is 1. The number of alkyl halides is 3. The first-order valence-electron chi connectivity index (χ1n) is 5.52. The van der Waals surface area contributed by atoms with E-state index < -0.39 is 12.1 Å². The number of carboxylic acids is 1. The van der Waals surface area contributed by atoms with Crippen molar-refractivity contribution in [2.45, 2.75) is 6.18 Å². The number of likely N-dealkylation sites (N-methyl/N-ethyl adjacent to an activating group) is 2. The Hall–Kier alpha value is -0.860. The molecule has 8 heteroatoms. The van der Waals surface area contributed by atoms with Crippen LogP contribution in [-0.4, -0.2) is 80.1 Å². The topological polar surface area (TPSA) is 63.6 Å². The second-order valence-corrected chi connectivity index (χ2v) is 4.60. The third kappa shape index (κ3) is 6.77. The third-order valence-corrected chi connectivity index (χ3v) is 2.91. The Morgan fingerprint density at radius 1 is 1.39 bits per heavy atom. The fraction of sp³-hybridized carbons (Fsp3) is 0.900. The van der Waals surface area contributed by atoms with Crippen molar-refractivity contribution in [1.29, 1.82) is 0 Å². The molecule has 1 aliphatic rings. The molecule has 0 aromatic heterocycles. The SMILES string of the molecule is CN1CC[N+](C)(CCO)CC1.O=C([O-])C(F)(F)F. The molecule has 0 bridgehead atoms. The van der Waals surface area contributed by atoms with Gasteiger partial charge in [0.05, 0.1) is 26.7 Å². The maximum absolute atomic E-state index is 10.5. The summed E-state index contributed by atoms with van der Waals surface area (Å²) in [6.45, 7) is 5.91. The fourth-order valence-corrected chi connectivity index (χ4v) is 1.51. The van der Waals surface area contributed by atoms with Crippen LogP contribution in [0.3, 0.4) is 0 Å². The lowest BCUT2D eigenvalue weighted by Gasteiger charge is -2.40. The largest absolute Gasteiger partial charge is 0.542 e. The summed E-state index contributed by atoms with van der Waals surface area (Å²) in [5.74, 6) is -3.01. The number of nitrogens with zero attached hydrogens (tertiary/aromatic N) is 2. The molecular formula is C10H19F3N2O3. The number of hydrogen-bond acceptors (Lipinski definition) is 4. The highest BCUT2D eigenvalue weighted by atomic mass is 19.4. The zero-order chi connectivity index (χ0) is 14.4. The van der Waals surface area contributed by atoms with E-state index in [-0.39, 0.29) is 0 Å². The lowest BCUT2D eigenvalue weighted by molar-refractivity contribution is -0.913. The highest BCUT2D eigenvalue weighted by molar-refractivity contribution is 5.70. The molecule has 0 amide bonds. The maximum Gasteiger partial charge on any atom is 0.430 e. The van der Waals surface area contributed by atoms with Crippen molar-refractivity contribution in [3.05, 3.63) is 0 Å². The van der Waals surface area contributed by atoms with Gasteiger partial charge in [-0.2, -0.15) is 13.2 Å². The lowest BCUT2D eigenvalue weighted by atomic mass is 10.3. The molecule has 0 unspecified atom stereocenters. The molecule has 0 aromatic rings. The van der Waals surface area contributed by atoms with Crippen molar-refractivity contribution in [2.75, 3.05) is 53.4 Å². The molecule has 0 atom stereocenters. The molecule has 0 spiro atoms. The molecular weight excluding hydrogens is 253 g/mol. The Labute approximate surface area is 104 Å². The second-order valence-electron chi connectivity index (χ2n) is 4.60. The zero-order valence-electron chi connectivity index (χ0n) is 10.5. The number of aliphatic carboxylic acids is 1. The van der Waals surface area contributed by atoms with Crippen LogP contribution in [0.5, 0.6) is 0 Å². The van der Waals surface area contributed by atoms with Crippen molar-refractivity contribution in [3.63, 3.8) is 0 Å². The lowest BCUT2D eigenvalue weighted by Crippen LogP contribution is -2.57. The molecule has 1 heterocycles. The summed E-state index contributed by atoms with van der Waals surface area (Å²) >= 11 is 0. The molecule has 1 saturated heterocycles. The first kappa shape index (κ1) is 17.1. The number of hydrogen-bond donors (Lipinski definition) is 1. The summed E-state index contributed by atoms with van der Waals surface area (Å²) < 4.78 is 32.6. The molecule has 108 valence electrons. The quantitative estimate of drug-likeness (QED) is 0.633. The summed E-state index contributed by atoms with van der Waals surface area (Å²) in [5, 5.41) is 17.6. The van der Waals surface area contributed by atoms with Gasteiger partial charge in [-0.1, -0.05) is 0 Å². The van der Waals surface area contributed by atoms with Crippen molar-refractivity contribution < 1.29 is 32.7 Å². The number of aliphatic hydroxyl groups excluding tert-OH is 1. The molecule has 5 nitrogen and oxygen atoms in total. The van der Waals surface area contributed by atoms with E-state index in [0.717, 1.165) is 24.1 Å². The second kappa shape index (κ2) is 6.91. The smallest absolute Gasteiger partial charge is 0.430 e. The van der Waals surface area contributed by atoms with E-state index in [4.69, 9.17) is 15.0 Å². The van der Waals surface area contributed by atoms with Gasteiger partial charge in [0.1, 0.15) is 12.5 Å². The van der Waals surface area contributed by atoms with Crippen LogP contribution in [0.15, 0.2) is 0 Å². The van der Waals surface area contributed by atoms with Crippen LogP contribution in [0.1, 0.15) is 0 Å². The Bertz CT molecular complexity index is 264. The van der Waals surface area contributed by atoms with E-state index in [1.54, 1.807) is 0 Å². The van der Waals surface area contributed by atoms with Crippen molar-refractivity contribution >= 4 is 5.97 Å². The van der Waals surface area contributed by atoms with Crippen LogP contribution in [-0.2, 0) is 4.79 Å². The van der Waals surface area contributed by atoms with Gasteiger partial charge in [0.2, 0.25) is 0 Å². The highest BCUT2D eigenvalue weighted by Gasteiger charge is 2.28. The van der Waals surface area contributed by atoms with Gasteiger partial charge < -0.3 is 19.5 Å². The molecule has 0 aliphatic carbocycles. The number of halogens is 3. The van der Waals surface area contributed by atoms with E-state index in [9.17, 15) is 13.2 Å². The van der Waals surface area contributed by atoms with Gasteiger partial charge in [0.25, 0.3) is 0 Å². The minimum Gasteiger partial charge on any atom is -0.542 e. The number of carboxylic acid groups (broad SMARTS) is 1. The standard InChI is InChI=1S/C8H19N2O.C2HF3O2/c1-9-3-5-10(2,6-4-9)7-8-11;3-2(4,5)1(6)7/h11H,3-8H2,1-2H3;(H,6,7)/q+1;/p-1. The van der Waals surface area contributed by atoms with Crippen LogP contribution >= 0.6 is 0 Å². The van der Waals surface area contributed by atoms with Gasteiger partial charge in [-0.3, -0.25) is 4.90 Å². The molecule has 18 heavy (non-hydrogen) atoms. The van der Waals surface area contributed by atoms with E-state index in [1.165, 1.54) is 13.1 Å². The minimum atomic E-state index is -5.19. The van der Waals surface area contributed by atoms with Crippen LogP contribution in [0.4, 0.5) is 13.2 Å². The summed E-state index contributed by atoms with van der Waals surface area (Å²) in [6, 6.07) is 0. The first-order chi connectivity index (χ1) is 8.10. The predicted molar refractivity (Wildman–Crippen MR) is 56.4 cm³/mol. The molecule has 1 rings (SSSR count). The number of carbonyl (C=O) groups is 1. The van der Waals surface area contributed by atoms with Gasteiger partial charge in [-0.05, 0) is 7.05 Å². The first-order valence-corrected chi connectivity index (χ1v) is 5.52. The van der Waals surface area contributed by atoms with Crippen LogP contribution in [0.25, 0.3) is 0 Å². The van der Waals surface area contributed by atoms with Gasteiger partial charge in [-0.15, -0.1) is 0 Å². The summed E-state index contributed by atoms with van der Waals surface area (Å²) in [6.07, 6.45) is -5.19. The van der Waals surface area contributed by atoms with Crippen molar-refractivity contribution in [1.82, 2.24) is 4.90 Å². The van der Waals surface area contributed by atoms with Gasteiger partial charge >= 0.3 is 6.18 Å². The predicted octanol–water partition coefficient (Wildman–Crippen LogP) is -1.33. The van der Waals surface area contributed by atoms with Crippen LogP contribution in [0.2, 0.25) is 0 Å². The highest BCUT2D eigenvalue weighted by Crippen LogP contribution is 2.11. The molecule has 0 radical (unpaired) electrons. The van der Waals surface area contributed by atoms with E-state index in [0.29, 0.717) is 6.61 Å². The Kier molecular flexibility index (Phi) is 6.58. The monoisotopic (exact) mass is 272 g/mol. The molecule has 0 aromatic carbocycles. The van der Waals surface area contributed by atoms with Gasteiger partial charge in [0.15, 0.2) is 0 Å². The zero-order valence-corrected chi connectivity index (χ0v) is 10.5. The number of piperazine rings is 1. The Balaban J connectivity index is 0.000000360. The maximum atomic E-state index is 10.5. The molecule has 0 saturated carbocycles. The van der Waals surface area contributed by atoms with E-state index in [1.807, 2.05) is 0 Å². The van der Waals surface area contributed by atoms with Crippen LogP contribution in [0, 0.1) is 0 Å². The average molecular weight is 272 g/mol. The fourth-order valence-electron chi connectivity index (χ4n) is 1.51. The van der Waals surface area contributed by atoms with Crippen LogP contribution < -0.4 is 5.11 Å². The number of rotatable bonds is 2.